The zero-order valence-electron chi connectivity index (χ0n) is 44.0. The number of hydrogen-bond donors (Lipinski definition) is 6. The number of rotatable bonds is 1. The van der Waals surface area contributed by atoms with Crippen LogP contribution in [0.4, 0.5) is 25.8 Å². The van der Waals surface area contributed by atoms with Gasteiger partial charge in [-0.2, -0.15) is 0 Å². The van der Waals surface area contributed by atoms with Crippen LogP contribution in [-0.4, -0.2) is 180 Å². The van der Waals surface area contributed by atoms with E-state index in [0.717, 1.165) is 55.4 Å². The summed E-state index contributed by atoms with van der Waals surface area (Å²) in [6.07, 6.45) is 8.48. The Morgan fingerprint density at radius 3 is 1.37 bits per heavy atom. The molecule has 21 nitrogen and oxygen atoms in total. The molecule has 1 radical (unpaired) electrons. The number of anilines is 2. The number of guanidine groups is 1. The van der Waals surface area contributed by atoms with Gasteiger partial charge >= 0.3 is 17.6 Å². The third-order valence-electron chi connectivity index (χ3n) is 8.25. The Morgan fingerprint density at radius 2 is 1.08 bits per heavy atom. The van der Waals surface area contributed by atoms with E-state index in [1.54, 1.807) is 74.3 Å². The zero-order valence-corrected chi connectivity index (χ0v) is 52.7. The minimum absolute atomic E-state index is 0. The molecule has 0 fully saturated rings. The van der Waals surface area contributed by atoms with Crippen LogP contribution >= 0.6 is 59.1 Å². The summed E-state index contributed by atoms with van der Waals surface area (Å²) in [6.45, 7) is 4.05. The van der Waals surface area contributed by atoms with Gasteiger partial charge in [-0.15, -0.1) is 0 Å². The van der Waals surface area contributed by atoms with Crippen molar-refractivity contribution in [3.05, 3.63) is 72.1 Å². The first-order valence-electron chi connectivity index (χ1n) is 20.1. The molecule has 4 rings (SSSR count). The Bertz CT molecular complexity index is 2230. The van der Waals surface area contributed by atoms with Gasteiger partial charge < -0.3 is 52.0 Å². The minimum atomic E-state index is -0.773. The van der Waals surface area contributed by atoms with E-state index < -0.39 is 17.6 Å². The van der Waals surface area contributed by atoms with Gasteiger partial charge in [0.05, 0.1) is 32.4 Å². The van der Waals surface area contributed by atoms with Crippen molar-refractivity contribution in [2.75, 3.05) is 122 Å². The van der Waals surface area contributed by atoms with Crippen molar-refractivity contribution in [1.82, 2.24) is 41.0 Å². The number of aliphatic imine (C=N–C) groups is 4. The van der Waals surface area contributed by atoms with E-state index >= 15 is 0 Å². The van der Waals surface area contributed by atoms with Crippen LogP contribution in [-0.2, 0) is 14.2 Å². The second kappa shape index (κ2) is 46.6. The molecule has 2 amide bonds. The number of thioether (sulfide) groups is 3. The molecule has 0 spiro atoms. The third-order valence-corrected chi connectivity index (χ3v) is 11.2. The molecule has 2 aromatic heterocycles. The smallest absolute Gasteiger partial charge is 0.415 e. The number of thiocarbonyl (C=S) groups is 1. The first-order valence-corrected chi connectivity index (χ1v) is 24.6. The molecule has 2 heterocycles. The number of aromatic nitrogens is 2. The molecule has 0 atom stereocenters. The first-order chi connectivity index (χ1) is 32.8. The Labute approximate surface area is 478 Å². The van der Waals surface area contributed by atoms with Gasteiger partial charge in [-0.25, -0.2) is 14.4 Å². The molecular formula is C44H73AcClN14O7S4. The van der Waals surface area contributed by atoms with E-state index in [-0.39, 0.29) is 49.5 Å². The Hall–Kier alpha value is -4.42. The summed E-state index contributed by atoms with van der Waals surface area (Å²) in [7, 11) is 21.1. The topological polar surface area (TPSA) is 278 Å². The molecule has 2 aromatic carbocycles. The Kier molecular flexibility index (Phi) is 49.6. The van der Waals surface area contributed by atoms with E-state index in [9.17, 15) is 14.4 Å². The maximum absolute atomic E-state index is 10.9. The number of nitrogen functional groups attached to an aromatic ring is 1. The SMILES string of the molecule is CN=C(NC)Nc1ccc2cccnc2c1C.CN=C(NC)SC.CN=C(SC)N(C)C(=O)OC.CN=C(SC)N(C)C(=O)OC.CNC(=S)NC.COC(=O)Cl.Cc1c(N)ccc2cccnc12.O.[Ac]. The number of aryl methyl sites for hydroxylation is 2. The summed E-state index contributed by atoms with van der Waals surface area (Å²) in [4.78, 5) is 58.2. The van der Waals surface area contributed by atoms with Crippen molar-refractivity contribution in [1.29, 1.82) is 0 Å². The maximum Gasteiger partial charge on any atom is 0.415 e. The predicted molar refractivity (Wildman–Crippen MR) is 306 cm³/mol. The van der Waals surface area contributed by atoms with E-state index in [1.807, 2.05) is 82.4 Å². The van der Waals surface area contributed by atoms with Gasteiger partial charge in [-0.1, -0.05) is 59.6 Å². The van der Waals surface area contributed by atoms with Crippen molar-refractivity contribution in [2.45, 2.75) is 13.8 Å². The average Bonchev–Trinajstić information content (AvgIpc) is 3.38. The van der Waals surface area contributed by atoms with E-state index in [4.69, 9.17) is 5.73 Å². The zero-order chi connectivity index (χ0) is 53.5. The van der Waals surface area contributed by atoms with Crippen molar-refractivity contribution in [3.63, 3.8) is 0 Å². The molecular weight excluding hydrogens is 1230 g/mol. The second-order valence-corrected chi connectivity index (χ2v) is 15.4. The molecule has 0 unspecified atom stereocenters. The number of amides is 2. The number of fused-ring (bicyclic) bond motifs is 2. The number of carbonyl (C=O) groups is 3. The molecule has 0 saturated heterocycles. The standard InChI is InChI=1S/C13H16N4.C10H10N2.2C6H12N2O2S.C4H10N2S.C3H8N2S.C2H3ClO2.Ac.H2O/c1-9-11(17-13(14-2)15-3)7-6-10-5-4-8-16-12(9)10;1-7-9(11)5-4-8-3-2-6-12-10(7)8;2*1-7-5(11-4)8(2)6(9)10-3;1-5-4(6-2)7-3;1-4-3(6)5-2;1-5-2(3)4;;/h4-8H,1-3H3,(H2,14,15,17);2-6H,11H2,1H3;2*1-4H3;1-3H3,(H,5,6);1-2H3,(H2,4,5,6);1H3;;1H2. The number of benzene rings is 2. The van der Waals surface area contributed by atoms with Gasteiger partial charge in [0.1, 0.15) is 0 Å². The van der Waals surface area contributed by atoms with Gasteiger partial charge in [0.25, 0.3) is 0 Å². The third kappa shape index (κ3) is 31.6. The molecule has 0 bridgehead atoms. The summed E-state index contributed by atoms with van der Waals surface area (Å²) in [5.74, 6) is 0.739. The van der Waals surface area contributed by atoms with Crippen LogP contribution in [0.1, 0.15) is 11.1 Å². The van der Waals surface area contributed by atoms with Crippen LogP contribution in [0, 0.1) is 57.9 Å². The monoisotopic (exact) mass is 1300 g/mol. The summed E-state index contributed by atoms with van der Waals surface area (Å²) in [6, 6.07) is 16.0. The van der Waals surface area contributed by atoms with E-state index in [0.29, 0.717) is 15.4 Å². The van der Waals surface area contributed by atoms with E-state index in [2.05, 4.69) is 114 Å². The van der Waals surface area contributed by atoms with E-state index in [1.165, 1.54) is 54.7 Å². The van der Waals surface area contributed by atoms with Gasteiger partial charge in [0, 0.05) is 161 Å². The fraction of sp³-hybridized carbons (Fsp3) is 0.409. The number of pyridine rings is 2. The number of ether oxygens (including phenoxy) is 3. The molecule has 4 aromatic rings. The molecule has 0 aliphatic carbocycles. The van der Waals surface area contributed by atoms with Gasteiger partial charge in [-0.05, 0) is 80.2 Å². The summed E-state index contributed by atoms with van der Waals surface area (Å²) in [5, 5.41) is 19.8. The normalized spacial score (nSPS) is 10.2. The number of nitrogens with two attached hydrogens (primary N) is 1. The Morgan fingerprint density at radius 1 is 0.662 bits per heavy atom. The number of methoxy groups -OCH3 is 3. The quantitative estimate of drug-likeness (QED) is 0.0286. The maximum atomic E-state index is 10.9. The van der Waals surface area contributed by atoms with Crippen molar-refractivity contribution < 1.29 is 78.1 Å². The number of halogens is 1. The fourth-order valence-corrected chi connectivity index (χ4v) is 6.16. The van der Waals surface area contributed by atoms with Gasteiger partial charge in [0.2, 0.25) is 0 Å². The molecule has 71 heavy (non-hydrogen) atoms. The largest absolute Gasteiger partial charge is 0.457 e. The molecule has 0 aliphatic rings. The molecule has 0 aliphatic heterocycles. The second-order valence-electron chi connectivity index (χ2n) is 12.3. The fourth-order valence-electron chi connectivity index (χ4n) is 4.71. The van der Waals surface area contributed by atoms with Crippen LogP contribution in [0.3, 0.4) is 0 Å². The van der Waals surface area contributed by atoms with Crippen LogP contribution < -0.4 is 32.3 Å². The van der Waals surface area contributed by atoms with Crippen LogP contribution in [0.25, 0.3) is 21.8 Å². The number of nitrogens with one attached hydrogen (secondary N) is 5. The molecule has 395 valence electrons. The number of hydrogen-bond acceptors (Lipinski definition) is 17. The minimum Gasteiger partial charge on any atom is -0.457 e. The number of amidine groups is 3. The molecule has 9 N–H and O–H groups in total. The van der Waals surface area contributed by atoms with Gasteiger partial charge in [-0.3, -0.25) is 39.7 Å². The Balaban J connectivity index is -0.000000246. The number of carbonyl (C=O) groups excluding carboxylic acids is 3. The van der Waals surface area contributed by atoms with Crippen LogP contribution in [0.2, 0.25) is 0 Å². The number of nitrogens with zero attached hydrogens (tertiary/aromatic N) is 8. The molecule has 0 saturated carbocycles. The average molecular weight is 1300 g/mol. The summed E-state index contributed by atoms with van der Waals surface area (Å²) in [5.41, 5.74) is 11.0. The van der Waals surface area contributed by atoms with Crippen molar-refractivity contribution in [3.8, 4) is 0 Å². The van der Waals surface area contributed by atoms with Crippen molar-refractivity contribution in [2.24, 2.45) is 20.0 Å². The first kappa shape index (κ1) is 75.5. The van der Waals surface area contributed by atoms with Crippen LogP contribution in [0.5, 0.6) is 0 Å². The van der Waals surface area contributed by atoms with Crippen molar-refractivity contribution >= 4 is 136 Å². The predicted octanol–water partition coefficient (Wildman–Crippen LogP) is 6.78. The van der Waals surface area contributed by atoms with Crippen LogP contribution in [0.15, 0.2) is 80.9 Å². The summed E-state index contributed by atoms with van der Waals surface area (Å²) >= 11 is 13.6. The molecule has 27 heteroatoms. The van der Waals surface area contributed by atoms with Gasteiger partial charge in [0.15, 0.2) is 26.6 Å². The summed E-state index contributed by atoms with van der Waals surface area (Å²) < 4.78 is 12.9.